The highest BCUT2D eigenvalue weighted by Crippen LogP contribution is 2.32. The minimum Gasteiger partial charge on any atom is -0.496 e. The quantitative estimate of drug-likeness (QED) is 0.342. The molecule has 13 heteroatoms. The van der Waals surface area contributed by atoms with Gasteiger partial charge in [0.1, 0.15) is 27.4 Å². The van der Waals surface area contributed by atoms with Gasteiger partial charge in [-0.3, -0.25) is 14.2 Å². The molecule has 2 fully saturated rings. The molecule has 1 aromatic carbocycles. The molecule has 230 valence electrons. The maximum absolute atomic E-state index is 13.9. The summed E-state index contributed by atoms with van der Waals surface area (Å²) in [6, 6.07) is 5.16. The number of halogens is 1. The van der Waals surface area contributed by atoms with E-state index in [4.69, 9.17) is 14.9 Å². The second kappa shape index (κ2) is 12.8. The maximum atomic E-state index is 13.9. The number of nitrogens with zero attached hydrogens (tertiary/aromatic N) is 5. The zero-order valence-corrected chi connectivity index (χ0v) is 25.2. The van der Waals surface area contributed by atoms with Crippen molar-refractivity contribution in [1.29, 1.82) is 0 Å². The van der Waals surface area contributed by atoms with Gasteiger partial charge < -0.3 is 19.8 Å². The van der Waals surface area contributed by atoms with Crippen LogP contribution in [0.2, 0.25) is 0 Å². The number of fused-ring (bicyclic) bond motifs is 1. The normalized spacial score (nSPS) is 20.4. The minimum atomic E-state index is -0.855. The Morgan fingerprint density at radius 2 is 1.79 bits per heavy atom. The number of amides is 1. The Balaban J connectivity index is 0.000000400. The average molecular weight is 614 g/mol. The molecule has 6 rings (SSSR count). The number of aliphatic hydroxyl groups is 2. The lowest BCUT2D eigenvalue weighted by Gasteiger charge is -2.20. The van der Waals surface area contributed by atoms with Crippen LogP contribution in [0.5, 0.6) is 5.75 Å². The van der Waals surface area contributed by atoms with E-state index in [1.165, 1.54) is 40.0 Å². The highest BCUT2D eigenvalue weighted by molar-refractivity contribution is 7.21. The molecule has 4 aromatic rings. The maximum Gasteiger partial charge on any atom is 0.332 e. The predicted molar refractivity (Wildman–Crippen MR) is 161 cm³/mol. The van der Waals surface area contributed by atoms with Crippen LogP contribution in [-0.2, 0) is 17.8 Å². The molecule has 3 aromatic heterocycles. The van der Waals surface area contributed by atoms with Crippen LogP contribution in [0.3, 0.4) is 0 Å². The zero-order valence-electron chi connectivity index (χ0n) is 24.4. The first-order chi connectivity index (χ1) is 20.6. The van der Waals surface area contributed by atoms with Gasteiger partial charge in [-0.1, -0.05) is 11.3 Å². The third-order valence-electron chi connectivity index (χ3n) is 8.15. The van der Waals surface area contributed by atoms with E-state index >= 15 is 0 Å². The summed E-state index contributed by atoms with van der Waals surface area (Å²) in [5.41, 5.74) is 0.246. The van der Waals surface area contributed by atoms with Crippen LogP contribution in [-0.4, -0.2) is 72.8 Å². The number of likely N-dealkylation sites (tertiary alicyclic amines) is 1. The average Bonchev–Trinajstić information content (AvgIpc) is 3.71. The Labute approximate surface area is 251 Å². The lowest BCUT2D eigenvalue weighted by atomic mass is 9.95. The van der Waals surface area contributed by atoms with Crippen molar-refractivity contribution < 1.29 is 24.1 Å². The molecule has 43 heavy (non-hydrogen) atoms. The van der Waals surface area contributed by atoms with Gasteiger partial charge in [-0.05, 0) is 75.3 Å². The van der Waals surface area contributed by atoms with E-state index in [0.29, 0.717) is 51.5 Å². The van der Waals surface area contributed by atoms with E-state index in [2.05, 4.69) is 5.10 Å². The van der Waals surface area contributed by atoms with Crippen LogP contribution in [0.1, 0.15) is 49.3 Å². The number of benzene rings is 1. The van der Waals surface area contributed by atoms with E-state index in [0.717, 1.165) is 30.3 Å². The molecular weight excluding hydrogens is 577 g/mol. The second-order valence-electron chi connectivity index (χ2n) is 11.0. The van der Waals surface area contributed by atoms with Gasteiger partial charge in [0, 0.05) is 38.1 Å². The summed E-state index contributed by atoms with van der Waals surface area (Å²) in [5, 5.41) is 23.2. The molecule has 1 saturated carbocycles. The Morgan fingerprint density at radius 1 is 1.09 bits per heavy atom. The number of aryl methyl sites for hydroxylation is 3. The van der Waals surface area contributed by atoms with Crippen LogP contribution < -0.4 is 16.0 Å². The number of aromatic nitrogens is 4. The van der Waals surface area contributed by atoms with Crippen molar-refractivity contribution >= 4 is 27.5 Å². The molecule has 1 unspecified atom stereocenters. The van der Waals surface area contributed by atoms with Crippen LogP contribution in [0.25, 0.3) is 15.2 Å². The van der Waals surface area contributed by atoms with Gasteiger partial charge in [-0.15, -0.1) is 0 Å². The molecule has 1 aliphatic carbocycles. The smallest absolute Gasteiger partial charge is 0.332 e. The van der Waals surface area contributed by atoms with Crippen molar-refractivity contribution in [2.45, 2.75) is 70.2 Å². The van der Waals surface area contributed by atoms with Crippen LogP contribution in [0, 0.1) is 12.7 Å². The largest absolute Gasteiger partial charge is 0.496 e. The van der Waals surface area contributed by atoms with Crippen molar-refractivity contribution in [1.82, 2.24) is 23.8 Å². The molecular formula is C30H36FN5O6S. The van der Waals surface area contributed by atoms with Gasteiger partial charge in [0.2, 0.25) is 5.91 Å². The van der Waals surface area contributed by atoms with Crippen molar-refractivity contribution in [3.8, 4) is 10.8 Å². The molecule has 1 atom stereocenters. The molecule has 0 spiro atoms. The van der Waals surface area contributed by atoms with Crippen molar-refractivity contribution in [3.63, 3.8) is 0 Å². The number of ether oxygens (including phenoxy) is 1. The number of hydrogen-bond donors (Lipinski definition) is 2. The summed E-state index contributed by atoms with van der Waals surface area (Å²) < 4.78 is 23.6. The highest BCUT2D eigenvalue weighted by Gasteiger charge is 2.34. The molecule has 11 nitrogen and oxygen atoms in total. The number of likely N-dealkylation sites (N-methyl/N-ethyl adjacent to an activating group) is 1. The van der Waals surface area contributed by atoms with Gasteiger partial charge in [-0.25, -0.2) is 18.4 Å². The molecule has 1 amide bonds. The standard InChI is InChI=1S/C24H24FN5O4S.C6H12O2/c1-14-19-21(32)30(17-8-11-27(2)20(17)31)24(33)28(23(19)35-22(14)29-10-4-9-26-29)12-7-15-13-16(25)5-6-18(15)34-3;7-5-1-2-6(8)4-3-5/h4-6,9-10,13,17H,7-8,11-12H2,1-3H3;5-8H,1-4H2. The topological polar surface area (TPSA) is 132 Å². The number of thiophene rings is 1. The Kier molecular flexibility index (Phi) is 9.13. The highest BCUT2D eigenvalue weighted by atomic mass is 32.1. The second-order valence-corrected chi connectivity index (χ2v) is 12.0. The van der Waals surface area contributed by atoms with Gasteiger partial charge >= 0.3 is 5.69 Å². The Hall–Kier alpha value is -3.81. The number of carbonyl (C=O) groups is 1. The first-order valence-corrected chi connectivity index (χ1v) is 15.1. The van der Waals surface area contributed by atoms with Crippen LogP contribution in [0.15, 0.2) is 46.2 Å². The molecule has 1 aliphatic heterocycles. The van der Waals surface area contributed by atoms with E-state index in [1.54, 1.807) is 36.3 Å². The third-order valence-corrected chi connectivity index (χ3v) is 9.46. The zero-order chi connectivity index (χ0) is 30.8. The lowest BCUT2D eigenvalue weighted by molar-refractivity contribution is -0.129. The Morgan fingerprint density at radius 3 is 2.37 bits per heavy atom. The number of methoxy groups -OCH3 is 1. The summed E-state index contributed by atoms with van der Waals surface area (Å²) in [5.74, 6) is -0.158. The summed E-state index contributed by atoms with van der Waals surface area (Å²) in [6.45, 7) is 2.45. The first-order valence-electron chi connectivity index (χ1n) is 14.3. The number of carbonyl (C=O) groups excluding carboxylic acids is 1. The van der Waals surface area contributed by atoms with E-state index in [9.17, 15) is 18.8 Å². The number of hydrogen-bond acceptors (Lipinski definition) is 8. The van der Waals surface area contributed by atoms with Gasteiger partial charge in [0.25, 0.3) is 5.56 Å². The van der Waals surface area contributed by atoms with Crippen molar-refractivity contribution in [3.05, 3.63) is 74.4 Å². The lowest BCUT2D eigenvalue weighted by Crippen LogP contribution is -2.44. The van der Waals surface area contributed by atoms with Gasteiger partial charge in [0.15, 0.2) is 0 Å². The van der Waals surface area contributed by atoms with E-state index < -0.39 is 23.1 Å². The van der Waals surface area contributed by atoms with Gasteiger partial charge in [-0.2, -0.15) is 5.10 Å². The monoisotopic (exact) mass is 613 g/mol. The molecule has 4 heterocycles. The molecule has 1 saturated heterocycles. The number of aliphatic hydroxyl groups excluding tert-OH is 2. The predicted octanol–water partition coefficient (Wildman–Crippen LogP) is 2.79. The van der Waals surface area contributed by atoms with Crippen molar-refractivity contribution in [2.75, 3.05) is 20.7 Å². The van der Waals surface area contributed by atoms with Crippen molar-refractivity contribution in [2.24, 2.45) is 0 Å². The van der Waals surface area contributed by atoms with Crippen LogP contribution >= 0.6 is 11.3 Å². The Bertz CT molecular complexity index is 1710. The molecule has 0 bridgehead atoms. The summed E-state index contributed by atoms with van der Waals surface area (Å²) in [4.78, 5) is 42.2. The van der Waals surface area contributed by atoms with Gasteiger partial charge in [0.05, 0.1) is 24.7 Å². The molecule has 0 radical (unpaired) electrons. The summed E-state index contributed by atoms with van der Waals surface area (Å²) >= 11 is 1.29. The fourth-order valence-corrected chi connectivity index (χ4v) is 6.97. The fourth-order valence-electron chi connectivity index (χ4n) is 5.71. The first kappa shape index (κ1) is 30.6. The van der Waals surface area contributed by atoms with E-state index in [-0.39, 0.29) is 24.7 Å². The molecule has 2 N–H and O–H groups in total. The summed E-state index contributed by atoms with van der Waals surface area (Å²) in [7, 11) is 3.16. The SMILES string of the molecule is COc1ccc(F)cc1CCn1c(=O)n(C2CCN(C)C2=O)c(=O)c2c(C)c(-n3cccn3)sc21.OC1CCC(O)CC1. The van der Waals surface area contributed by atoms with E-state index in [1.807, 2.05) is 6.92 Å². The fraction of sp³-hybridized carbons (Fsp3) is 0.467. The minimum absolute atomic E-state index is 0.140. The van der Waals surface area contributed by atoms with Crippen LogP contribution in [0.4, 0.5) is 4.39 Å². The summed E-state index contributed by atoms with van der Waals surface area (Å²) in [6.07, 6.45) is 6.91. The number of rotatable bonds is 6. The molecule has 2 aliphatic rings. The third kappa shape index (κ3) is 6.15.